The molecule has 1 aromatic rings. The number of ether oxygens (including phenoxy) is 2. The Kier molecular flexibility index (Phi) is 4.60. The van der Waals surface area contributed by atoms with Crippen LogP contribution in [0.5, 0.6) is 11.5 Å². The number of alkyl halides is 2. The highest BCUT2D eigenvalue weighted by Gasteiger charge is 2.43. The highest BCUT2D eigenvalue weighted by molar-refractivity contribution is 6.19. The molecule has 0 bridgehead atoms. The van der Waals surface area contributed by atoms with E-state index in [1.54, 1.807) is 0 Å². The zero-order valence-corrected chi connectivity index (χ0v) is 13.7. The summed E-state index contributed by atoms with van der Waals surface area (Å²) in [5.41, 5.74) is -0.107. The van der Waals surface area contributed by atoms with Gasteiger partial charge in [-0.2, -0.15) is 0 Å². The second-order valence-corrected chi connectivity index (χ2v) is 5.82. The molecule has 0 saturated carbocycles. The first-order chi connectivity index (χ1) is 12.7. The van der Waals surface area contributed by atoms with Gasteiger partial charge in [0.05, 0.1) is 0 Å². The fourth-order valence-electron chi connectivity index (χ4n) is 2.68. The molecule has 3 rings (SSSR count). The van der Waals surface area contributed by atoms with Crippen molar-refractivity contribution in [3.05, 3.63) is 35.1 Å². The normalized spacial score (nSPS) is 17.9. The summed E-state index contributed by atoms with van der Waals surface area (Å²) in [7, 11) is 0. The van der Waals surface area contributed by atoms with Crippen LogP contribution in [0.4, 0.5) is 8.78 Å². The Morgan fingerprint density at radius 2 is 1.96 bits per heavy atom. The van der Waals surface area contributed by atoms with Gasteiger partial charge in [0.2, 0.25) is 0 Å². The van der Waals surface area contributed by atoms with E-state index in [2.05, 4.69) is 9.47 Å². The average Bonchev–Trinajstić information content (AvgIpc) is 2.88. The molecule has 2 aliphatic rings. The number of carbonyl (C=O) groups excluding carboxylic acids is 2. The average molecular weight is 384 g/mol. The van der Waals surface area contributed by atoms with Crippen LogP contribution in [0, 0.1) is 0 Å². The number of aliphatic hydroxyl groups excluding tert-OH is 1. The third-order valence-corrected chi connectivity index (χ3v) is 3.87. The molecule has 0 atom stereocenters. The fourth-order valence-corrected chi connectivity index (χ4v) is 2.68. The van der Waals surface area contributed by atoms with Gasteiger partial charge in [-0.15, -0.1) is 8.78 Å². The SMILES string of the molecule is O=C(O)CNC(=O)C1=C(O)CCN(Cc2ccc3c(c2)OC(F)(F)O3)C1=O. The molecule has 0 fully saturated rings. The second-order valence-electron chi connectivity index (χ2n) is 5.82. The zero-order valence-electron chi connectivity index (χ0n) is 13.7. The van der Waals surface area contributed by atoms with Crippen LogP contribution in [0.25, 0.3) is 0 Å². The lowest BCUT2D eigenvalue weighted by molar-refractivity contribution is -0.286. The minimum absolute atomic E-state index is 0.00973. The Balaban J connectivity index is 1.73. The third-order valence-electron chi connectivity index (χ3n) is 3.87. The van der Waals surface area contributed by atoms with E-state index in [-0.39, 0.29) is 31.0 Å². The van der Waals surface area contributed by atoms with Crippen LogP contribution in [-0.2, 0) is 20.9 Å². The topological polar surface area (TPSA) is 125 Å². The van der Waals surface area contributed by atoms with Crippen molar-refractivity contribution in [3.8, 4) is 11.5 Å². The Morgan fingerprint density at radius 1 is 1.26 bits per heavy atom. The Hall–Kier alpha value is -3.37. The number of carboxylic acid groups (broad SMARTS) is 1. The number of rotatable bonds is 5. The fraction of sp³-hybridized carbons (Fsp3) is 0.312. The van der Waals surface area contributed by atoms with Gasteiger partial charge in [-0.25, -0.2) is 0 Å². The highest BCUT2D eigenvalue weighted by Crippen LogP contribution is 2.41. The summed E-state index contributed by atoms with van der Waals surface area (Å²) in [5.74, 6) is -3.87. The molecule has 0 unspecified atom stereocenters. The minimum atomic E-state index is -3.76. The zero-order chi connectivity index (χ0) is 19.8. The summed E-state index contributed by atoms with van der Waals surface area (Å²) in [4.78, 5) is 36.2. The minimum Gasteiger partial charge on any atom is -0.511 e. The van der Waals surface area contributed by atoms with E-state index < -0.39 is 42.0 Å². The standard InChI is InChI=1S/C16H14F2N2O7/c17-16(18)26-10-2-1-8(5-11(10)27-16)7-20-4-3-9(21)13(15(20)25)14(24)19-6-12(22)23/h1-2,5,21H,3-4,6-7H2,(H,19,24)(H,22,23). The summed E-state index contributed by atoms with van der Waals surface area (Å²) in [6.07, 6.45) is -3.77. The molecule has 0 radical (unpaired) electrons. The molecule has 0 spiro atoms. The van der Waals surface area contributed by atoms with Gasteiger partial charge in [0, 0.05) is 19.5 Å². The number of aliphatic carboxylic acids is 1. The molecule has 9 nitrogen and oxygen atoms in total. The number of halogens is 2. The van der Waals surface area contributed by atoms with Gasteiger partial charge in [0.25, 0.3) is 11.8 Å². The maximum Gasteiger partial charge on any atom is 0.586 e. The van der Waals surface area contributed by atoms with Crippen molar-refractivity contribution in [2.75, 3.05) is 13.1 Å². The summed E-state index contributed by atoms with van der Waals surface area (Å²) in [6.45, 7) is -0.658. The number of hydrogen-bond acceptors (Lipinski definition) is 6. The van der Waals surface area contributed by atoms with Gasteiger partial charge in [-0.1, -0.05) is 6.07 Å². The predicted molar refractivity (Wildman–Crippen MR) is 83.0 cm³/mol. The number of carbonyl (C=O) groups is 3. The molecule has 0 aliphatic carbocycles. The van der Waals surface area contributed by atoms with E-state index in [4.69, 9.17) is 5.11 Å². The van der Waals surface area contributed by atoms with Crippen LogP contribution in [0.15, 0.2) is 29.5 Å². The van der Waals surface area contributed by atoms with Crippen molar-refractivity contribution in [1.29, 1.82) is 0 Å². The number of nitrogens with one attached hydrogen (secondary N) is 1. The van der Waals surface area contributed by atoms with E-state index in [1.807, 2.05) is 5.32 Å². The number of benzene rings is 1. The molecular weight excluding hydrogens is 370 g/mol. The quantitative estimate of drug-likeness (QED) is 0.640. The Labute approximate surface area is 150 Å². The van der Waals surface area contributed by atoms with E-state index >= 15 is 0 Å². The first kappa shape index (κ1) is 18.4. The van der Waals surface area contributed by atoms with E-state index in [0.29, 0.717) is 5.56 Å². The van der Waals surface area contributed by atoms with Crippen LogP contribution in [-0.4, -0.2) is 52.3 Å². The summed E-state index contributed by atoms with van der Waals surface area (Å²) in [5, 5.41) is 20.5. The van der Waals surface area contributed by atoms with Crippen molar-refractivity contribution in [2.24, 2.45) is 0 Å². The molecule has 3 N–H and O–H groups in total. The maximum atomic E-state index is 13.1. The molecular formula is C16H14F2N2O7. The first-order valence-electron chi connectivity index (χ1n) is 7.76. The second kappa shape index (κ2) is 6.74. The van der Waals surface area contributed by atoms with Gasteiger partial charge in [-0.05, 0) is 17.7 Å². The Bertz CT molecular complexity index is 853. The van der Waals surface area contributed by atoms with Crippen molar-refractivity contribution in [2.45, 2.75) is 19.3 Å². The lowest BCUT2D eigenvalue weighted by Crippen LogP contribution is -2.43. The summed E-state index contributed by atoms with van der Waals surface area (Å²) < 4.78 is 34.8. The third kappa shape index (κ3) is 3.91. The van der Waals surface area contributed by atoms with Crippen LogP contribution in [0.1, 0.15) is 12.0 Å². The molecule has 2 heterocycles. The van der Waals surface area contributed by atoms with Gasteiger partial charge in [0.1, 0.15) is 17.9 Å². The summed E-state index contributed by atoms with van der Waals surface area (Å²) in [6, 6.07) is 4.01. The smallest absolute Gasteiger partial charge is 0.511 e. The molecule has 1 aromatic carbocycles. The van der Waals surface area contributed by atoms with Crippen LogP contribution in [0.3, 0.4) is 0 Å². The number of hydrogen-bond donors (Lipinski definition) is 3. The van der Waals surface area contributed by atoms with Crippen LogP contribution >= 0.6 is 0 Å². The lowest BCUT2D eigenvalue weighted by atomic mass is 10.0. The molecule has 144 valence electrons. The molecule has 2 aliphatic heterocycles. The van der Waals surface area contributed by atoms with Crippen molar-refractivity contribution >= 4 is 17.8 Å². The monoisotopic (exact) mass is 384 g/mol. The molecule has 11 heteroatoms. The lowest BCUT2D eigenvalue weighted by Gasteiger charge is -2.28. The molecule has 2 amide bonds. The van der Waals surface area contributed by atoms with Crippen molar-refractivity contribution in [3.63, 3.8) is 0 Å². The predicted octanol–water partition coefficient (Wildman–Crippen LogP) is 0.753. The van der Waals surface area contributed by atoms with Crippen LogP contribution < -0.4 is 14.8 Å². The molecule has 0 aromatic heterocycles. The Morgan fingerprint density at radius 3 is 2.67 bits per heavy atom. The van der Waals surface area contributed by atoms with Crippen molar-refractivity contribution in [1.82, 2.24) is 10.2 Å². The number of carboxylic acids is 1. The van der Waals surface area contributed by atoms with E-state index in [0.717, 1.165) is 0 Å². The molecule has 27 heavy (non-hydrogen) atoms. The summed E-state index contributed by atoms with van der Waals surface area (Å²) >= 11 is 0. The van der Waals surface area contributed by atoms with E-state index in [9.17, 15) is 28.3 Å². The number of fused-ring (bicyclic) bond motifs is 1. The number of nitrogens with zero attached hydrogens (tertiary/aromatic N) is 1. The highest BCUT2D eigenvalue weighted by atomic mass is 19.3. The first-order valence-corrected chi connectivity index (χ1v) is 7.76. The van der Waals surface area contributed by atoms with Crippen LogP contribution in [0.2, 0.25) is 0 Å². The molecule has 0 saturated heterocycles. The van der Waals surface area contributed by atoms with Gasteiger partial charge >= 0.3 is 12.3 Å². The van der Waals surface area contributed by atoms with Gasteiger partial charge < -0.3 is 29.9 Å². The van der Waals surface area contributed by atoms with Gasteiger partial charge in [0.15, 0.2) is 11.5 Å². The largest absolute Gasteiger partial charge is 0.586 e. The number of amides is 2. The van der Waals surface area contributed by atoms with Gasteiger partial charge in [-0.3, -0.25) is 14.4 Å². The van der Waals surface area contributed by atoms with E-state index in [1.165, 1.54) is 23.1 Å². The van der Waals surface area contributed by atoms with Crippen molar-refractivity contribution < 1.29 is 42.9 Å². The maximum absolute atomic E-state index is 13.1. The number of aliphatic hydroxyl groups is 1.